The fourth-order valence-electron chi connectivity index (χ4n) is 1.95. The average molecular weight is 388 g/mol. The smallest absolute Gasteiger partial charge is 0.129 e. The fraction of sp³-hybridized carbons (Fsp3) is 0.200. The number of benzene rings is 2. The molecule has 0 spiro atoms. The summed E-state index contributed by atoms with van der Waals surface area (Å²) in [6.45, 7) is 1.97. The molecule has 0 heterocycles. The topological polar surface area (TPSA) is 9.23 Å². The first-order chi connectivity index (χ1) is 9.02. The van der Waals surface area contributed by atoms with Crippen LogP contribution in [-0.4, -0.2) is 7.11 Å². The van der Waals surface area contributed by atoms with E-state index in [0.29, 0.717) is 5.56 Å². The van der Waals surface area contributed by atoms with E-state index in [0.717, 1.165) is 21.3 Å². The first kappa shape index (κ1) is 14.5. The highest BCUT2D eigenvalue weighted by Gasteiger charge is 2.16. The van der Waals surface area contributed by atoms with E-state index in [9.17, 15) is 4.39 Å². The van der Waals surface area contributed by atoms with Gasteiger partial charge in [0, 0.05) is 10.0 Å². The van der Waals surface area contributed by atoms with Crippen molar-refractivity contribution in [3.63, 3.8) is 0 Å². The Bertz CT molecular complexity index is 599. The molecule has 0 aliphatic rings. The van der Waals surface area contributed by atoms with E-state index in [1.807, 2.05) is 31.2 Å². The van der Waals surface area contributed by atoms with Gasteiger partial charge in [-0.1, -0.05) is 50.1 Å². The average Bonchev–Trinajstić information content (AvgIpc) is 2.38. The highest BCUT2D eigenvalue weighted by Crippen LogP contribution is 2.35. The largest absolute Gasteiger partial charge is 0.496 e. The molecule has 19 heavy (non-hydrogen) atoms. The van der Waals surface area contributed by atoms with Gasteiger partial charge in [0.15, 0.2) is 0 Å². The predicted molar refractivity (Wildman–Crippen MR) is 82.6 cm³/mol. The molecule has 1 atom stereocenters. The van der Waals surface area contributed by atoms with Gasteiger partial charge in [-0.05, 0) is 36.2 Å². The van der Waals surface area contributed by atoms with E-state index >= 15 is 0 Å². The normalized spacial score (nSPS) is 12.3. The second-order valence-corrected chi connectivity index (χ2v) is 6.09. The van der Waals surface area contributed by atoms with E-state index in [1.54, 1.807) is 13.2 Å². The predicted octanol–water partition coefficient (Wildman–Crippen LogP) is 5.39. The third-order valence-electron chi connectivity index (χ3n) is 2.95. The van der Waals surface area contributed by atoms with E-state index in [-0.39, 0.29) is 10.6 Å². The molecule has 100 valence electrons. The maximum Gasteiger partial charge on any atom is 0.129 e. The van der Waals surface area contributed by atoms with Crippen LogP contribution in [0.4, 0.5) is 4.39 Å². The van der Waals surface area contributed by atoms with E-state index < -0.39 is 0 Å². The van der Waals surface area contributed by atoms with Gasteiger partial charge < -0.3 is 4.74 Å². The molecule has 1 nitrogen and oxygen atoms in total. The highest BCUT2D eigenvalue weighted by atomic mass is 79.9. The maximum absolute atomic E-state index is 13.9. The van der Waals surface area contributed by atoms with Crippen molar-refractivity contribution >= 4 is 31.9 Å². The van der Waals surface area contributed by atoms with Gasteiger partial charge in [-0.15, -0.1) is 0 Å². The summed E-state index contributed by atoms with van der Waals surface area (Å²) in [4.78, 5) is -0.176. The quantitative estimate of drug-likeness (QED) is 0.641. The Morgan fingerprint density at radius 3 is 2.47 bits per heavy atom. The van der Waals surface area contributed by atoms with Crippen molar-refractivity contribution in [2.75, 3.05) is 7.11 Å². The molecular weight excluding hydrogens is 375 g/mol. The molecular formula is C15H13Br2FO. The number of alkyl halides is 1. The molecule has 0 aromatic heterocycles. The summed E-state index contributed by atoms with van der Waals surface area (Å²) < 4.78 is 19.9. The van der Waals surface area contributed by atoms with E-state index in [1.165, 1.54) is 6.07 Å². The highest BCUT2D eigenvalue weighted by molar-refractivity contribution is 9.10. The van der Waals surface area contributed by atoms with Gasteiger partial charge in [0.2, 0.25) is 0 Å². The maximum atomic E-state index is 13.9. The number of rotatable bonds is 3. The van der Waals surface area contributed by atoms with Crippen molar-refractivity contribution in [3.8, 4) is 5.75 Å². The van der Waals surface area contributed by atoms with Crippen LogP contribution in [-0.2, 0) is 0 Å². The van der Waals surface area contributed by atoms with Crippen LogP contribution in [0, 0.1) is 12.7 Å². The van der Waals surface area contributed by atoms with Crippen molar-refractivity contribution in [2.24, 2.45) is 0 Å². The van der Waals surface area contributed by atoms with E-state index in [4.69, 9.17) is 4.74 Å². The summed E-state index contributed by atoms with van der Waals surface area (Å²) in [6, 6.07) is 10.9. The van der Waals surface area contributed by atoms with Crippen molar-refractivity contribution < 1.29 is 9.13 Å². The monoisotopic (exact) mass is 386 g/mol. The lowest BCUT2D eigenvalue weighted by molar-refractivity contribution is 0.411. The Morgan fingerprint density at radius 1 is 1.16 bits per heavy atom. The lowest BCUT2D eigenvalue weighted by Crippen LogP contribution is -1.98. The molecule has 4 heteroatoms. The van der Waals surface area contributed by atoms with Crippen LogP contribution in [0.1, 0.15) is 21.5 Å². The lowest BCUT2D eigenvalue weighted by Gasteiger charge is -2.14. The standard InChI is InChI=1S/C15H13Br2FO/c1-9-7-10(3-6-14(9)19-2)15(17)12-5-4-11(16)8-13(12)18/h3-8,15H,1-2H3. The fourth-order valence-corrected chi connectivity index (χ4v) is 2.94. The molecule has 0 fully saturated rings. The molecule has 0 saturated heterocycles. The summed E-state index contributed by atoms with van der Waals surface area (Å²) in [5.41, 5.74) is 2.65. The molecule has 0 saturated carbocycles. The number of hydrogen-bond donors (Lipinski definition) is 0. The molecule has 0 bridgehead atoms. The van der Waals surface area contributed by atoms with Crippen molar-refractivity contribution in [1.82, 2.24) is 0 Å². The second-order valence-electron chi connectivity index (χ2n) is 4.26. The summed E-state index contributed by atoms with van der Waals surface area (Å²) in [5, 5.41) is 0. The second kappa shape index (κ2) is 6.06. The summed E-state index contributed by atoms with van der Waals surface area (Å²) in [7, 11) is 1.64. The Labute approximate surface area is 129 Å². The molecule has 0 N–H and O–H groups in total. The molecule has 2 aromatic rings. The van der Waals surface area contributed by atoms with Crippen LogP contribution in [0.2, 0.25) is 0 Å². The lowest BCUT2D eigenvalue weighted by atomic mass is 10.0. The number of methoxy groups -OCH3 is 1. The van der Waals surface area contributed by atoms with Gasteiger partial charge >= 0.3 is 0 Å². The van der Waals surface area contributed by atoms with Gasteiger partial charge in [0.1, 0.15) is 11.6 Å². The van der Waals surface area contributed by atoms with Gasteiger partial charge in [-0.25, -0.2) is 4.39 Å². The third kappa shape index (κ3) is 3.18. The first-order valence-corrected chi connectivity index (χ1v) is 7.47. The zero-order valence-electron chi connectivity index (χ0n) is 10.6. The number of aryl methyl sites for hydroxylation is 1. The minimum Gasteiger partial charge on any atom is -0.496 e. The van der Waals surface area contributed by atoms with Crippen LogP contribution in [0.3, 0.4) is 0 Å². The van der Waals surface area contributed by atoms with Crippen molar-refractivity contribution in [3.05, 3.63) is 63.4 Å². The molecule has 0 radical (unpaired) electrons. The molecule has 1 unspecified atom stereocenters. The molecule has 0 aliphatic heterocycles. The van der Waals surface area contributed by atoms with E-state index in [2.05, 4.69) is 31.9 Å². The minimum absolute atomic E-state index is 0.176. The molecule has 2 aromatic carbocycles. The summed E-state index contributed by atoms with van der Waals surface area (Å²) in [5.74, 6) is 0.601. The van der Waals surface area contributed by atoms with Gasteiger partial charge in [-0.2, -0.15) is 0 Å². The van der Waals surface area contributed by atoms with Gasteiger partial charge in [-0.3, -0.25) is 0 Å². The van der Waals surface area contributed by atoms with Gasteiger partial charge in [0.05, 0.1) is 11.9 Å². The zero-order chi connectivity index (χ0) is 14.0. The van der Waals surface area contributed by atoms with Crippen LogP contribution >= 0.6 is 31.9 Å². The van der Waals surface area contributed by atoms with Crippen molar-refractivity contribution in [2.45, 2.75) is 11.8 Å². The molecule has 0 amide bonds. The minimum atomic E-state index is -0.232. The zero-order valence-corrected chi connectivity index (χ0v) is 13.8. The van der Waals surface area contributed by atoms with Crippen LogP contribution < -0.4 is 4.74 Å². The van der Waals surface area contributed by atoms with Gasteiger partial charge in [0.25, 0.3) is 0 Å². The number of halogens is 3. The van der Waals surface area contributed by atoms with Crippen LogP contribution in [0.5, 0.6) is 5.75 Å². The molecule has 2 rings (SSSR count). The first-order valence-electron chi connectivity index (χ1n) is 5.76. The summed E-state index contributed by atoms with van der Waals surface area (Å²) in [6.07, 6.45) is 0. The van der Waals surface area contributed by atoms with Crippen molar-refractivity contribution in [1.29, 1.82) is 0 Å². The summed E-state index contributed by atoms with van der Waals surface area (Å²) >= 11 is 6.81. The molecule has 0 aliphatic carbocycles. The van der Waals surface area contributed by atoms with Crippen LogP contribution in [0.25, 0.3) is 0 Å². The number of hydrogen-bond acceptors (Lipinski definition) is 1. The van der Waals surface area contributed by atoms with Crippen LogP contribution in [0.15, 0.2) is 40.9 Å². The Kier molecular flexibility index (Phi) is 4.63. The Balaban J connectivity index is 2.38. The Morgan fingerprint density at radius 2 is 1.89 bits per heavy atom. The Hall–Kier alpha value is -0.870. The SMILES string of the molecule is COc1ccc(C(Br)c2ccc(Br)cc2F)cc1C. The third-order valence-corrected chi connectivity index (χ3v) is 4.46. The number of ether oxygens (including phenoxy) is 1.